The molecule has 0 N–H and O–H groups in total. The minimum atomic E-state index is 0.329. The third-order valence-electron chi connectivity index (χ3n) is 1.91. The summed E-state index contributed by atoms with van der Waals surface area (Å²) in [6, 6.07) is 5.75. The molecule has 0 amide bonds. The molecule has 1 aromatic rings. The second kappa shape index (κ2) is 4.15. The van der Waals surface area contributed by atoms with Crippen LogP contribution >= 0.6 is 11.6 Å². The van der Waals surface area contributed by atoms with Crippen LogP contribution in [-0.2, 0) is 6.42 Å². The highest BCUT2D eigenvalue weighted by atomic mass is 35.5. The van der Waals surface area contributed by atoms with Crippen molar-refractivity contribution in [2.75, 3.05) is 7.11 Å². The van der Waals surface area contributed by atoms with Gasteiger partial charge in [0.1, 0.15) is 5.75 Å². The van der Waals surface area contributed by atoms with Crippen molar-refractivity contribution in [2.24, 2.45) is 0 Å². The first-order valence-corrected chi connectivity index (χ1v) is 4.27. The number of aryl methyl sites for hydroxylation is 1. The van der Waals surface area contributed by atoms with Crippen LogP contribution in [0.3, 0.4) is 0 Å². The van der Waals surface area contributed by atoms with Gasteiger partial charge in [-0.1, -0.05) is 17.7 Å². The van der Waals surface area contributed by atoms with Gasteiger partial charge in [0, 0.05) is 5.56 Å². The maximum absolute atomic E-state index is 8.61. The van der Waals surface area contributed by atoms with Gasteiger partial charge in [0.05, 0.1) is 24.6 Å². The maximum atomic E-state index is 8.61. The van der Waals surface area contributed by atoms with Crippen LogP contribution in [0.2, 0.25) is 5.02 Å². The minimum absolute atomic E-state index is 0.329. The summed E-state index contributed by atoms with van der Waals surface area (Å²) in [6.07, 6.45) is 0.329. The zero-order chi connectivity index (χ0) is 9.84. The third-order valence-corrected chi connectivity index (χ3v) is 2.20. The summed E-state index contributed by atoms with van der Waals surface area (Å²) in [7, 11) is 1.56. The lowest BCUT2D eigenvalue weighted by atomic mass is 10.1. The van der Waals surface area contributed by atoms with Gasteiger partial charge in [-0.2, -0.15) is 5.26 Å². The summed E-state index contributed by atoms with van der Waals surface area (Å²) in [6.45, 7) is 1.94. The molecule has 0 bridgehead atoms. The van der Waals surface area contributed by atoms with Crippen LogP contribution in [0.25, 0.3) is 0 Å². The lowest BCUT2D eigenvalue weighted by Crippen LogP contribution is -1.95. The first-order valence-electron chi connectivity index (χ1n) is 3.89. The molecule has 0 saturated heterocycles. The summed E-state index contributed by atoms with van der Waals surface area (Å²) in [5, 5.41) is 9.16. The van der Waals surface area contributed by atoms with Crippen molar-refractivity contribution in [3.05, 3.63) is 28.3 Å². The molecule has 0 aliphatic rings. The summed E-state index contributed by atoms with van der Waals surface area (Å²) < 4.78 is 5.13. The normalized spacial score (nSPS) is 9.38. The smallest absolute Gasteiger partial charge is 0.141 e. The number of rotatable bonds is 2. The number of hydrogen-bond donors (Lipinski definition) is 0. The Bertz CT molecular complexity index is 355. The zero-order valence-corrected chi connectivity index (χ0v) is 8.35. The van der Waals surface area contributed by atoms with Crippen molar-refractivity contribution >= 4 is 11.6 Å². The highest BCUT2D eigenvalue weighted by Gasteiger charge is 2.09. The number of nitriles is 1. The van der Waals surface area contributed by atoms with Crippen LogP contribution in [0.1, 0.15) is 11.1 Å². The maximum Gasteiger partial charge on any atom is 0.141 e. The molecular weight excluding hydrogens is 186 g/mol. The Balaban J connectivity index is 3.27. The molecule has 0 saturated carbocycles. The van der Waals surface area contributed by atoms with Crippen LogP contribution in [0.15, 0.2) is 12.1 Å². The van der Waals surface area contributed by atoms with E-state index in [1.807, 2.05) is 13.0 Å². The van der Waals surface area contributed by atoms with Gasteiger partial charge in [-0.25, -0.2) is 0 Å². The molecule has 1 aromatic carbocycles. The average molecular weight is 196 g/mol. The SMILES string of the molecule is COc1c(Cl)ccc(C)c1CC#N. The van der Waals surface area contributed by atoms with Gasteiger partial charge in [-0.3, -0.25) is 0 Å². The van der Waals surface area contributed by atoms with Crippen LogP contribution in [0, 0.1) is 18.3 Å². The summed E-state index contributed by atoms with van der Waals surface area (Å²) >= 11 is 5.90. The van der Waals surface area contributed by atoms with Crippen molar-refractivity contribution in [1.82, 2.24) is 0 Å². The summed E-state index contributed by atoms with van der Waals surface area (Å²) in [5.41, 5.74) is 1.90. The molecule has 0 atom stereocenters. The number of benzene rings is 1. The highest BCUT2D eigenvalue weighted by molar-refractivity contribution is 6.32. The fourth-order valence-corrected chi connectivity index (χ4v) is 1.47. The second-order valence-electron chi connectivity index (χ2n) is 2.71. The van der Waals surface area contributed by atoms with Gasteiger partial charge in [0.15, 0.2) is 0 Å². The second-order valence-corrected chi connectivity index (χ2v) is 3.12. The van der Waals surface area contributed by atoms with E-state index >= 15 is 0 Å². The van der Waals surface area contributed by atoms with Crippen LogP contribution in [0.5, 0.6) is 5.75 Å². The number of nitrogens with zero attached hydrogens (tertiary/aromatic N) is 1. The predicted octanol–water partition coefficient (Wildman–Crippen LogP) is 2.72. The molecule has 0 spiro atoms. The Morgan fingerprint density at radius 2 is 2.23 bits per heavy atom. The van der Waals surface area contributed by atoms with E-state index in [0.29, 0.717) is 17.2 Å². The average Bonchev–Trinajstić information content (AvgIpc) is 2.12. The Kier molecular flexibility index (Phi) is 3.16. The molecule has 0 unspecified atom stereocenters. The van der Waals surface area contributed by atoms with Gasteiger partial charge >= 0.3 is 0 Å². The lowest BCUT2D eigenvalue weighted by Gasteiger charge is -2.10. The monoisotopic (exact) mass is 195 g/mol. The Morgan fingerprint density at radius 3 is 2.77 bits per heavy atom. The van der Waals surface area contributed by atoms with Crippen molar-refractivity contribution in [2.45, 2.75) is 13.3 Å². The largest absolute Gasteiger partial charge is 0.495 e. The van der Waals surface area contributed by atoms with Crippen molar-refractivity contribution in [3.8, 4) is 11.8 Å². The topological polar surface area (TPSA) is 33.0 Å². The molecular formula is C10H10ClNO. The predicted molar refractivity (Wildman–Crippen MR) is 52.1 cm³/mol. The van der Waals surface area contributed by atoms with Gasteiger partial charge in [0.2, 0.25) is 0 Å². The van der Waals surface area contributed by atoms with E-state index in [9.17, 15) is 0 Å². The fraction of sp³-hybridized carbons (Fsp3) is 0.300. The van der Waals surface area contributed by atoms with Gasteiger partial charge < -0.3 is 4.74 Å². The van der Waals surface area contributed by atoms with Crippen molar-refractivity contribution in [3.63, 3.8) is 0 Å². The number of hydrogen-bond acceptors (Lipinski definition) is 2. The number of methoxy groups -OCH3 is 1. The molecule has 0 heterocycles. The molecule has 2 nitrogen and oxygen atoms in total. The van der Waals surface area contributed by atoms with Crippen molar-refractivity contribution in [1.29, 1.82) is 5.26 Å². The molecule has 0 aliphatic carbocycles. The van der Waals surface area contributed by atoms with E-state index in [1.165, 1.54) is 0 Å². The van der Waals surface area contributed by atoms with Gasteiger partial charge in [-0.15, -0.1) is 0 Å². The first kappa shape index (κ1) is 9.88. The van der Waals surface area contributed by atoms with E-state index < -0.39 is 0 Å². The van der Waals surface area contributed by atoms with E-state index in [4.69, 9.17) is 21.6 Å². The van der Waals surface area contributed by atoms with E-state index in [-0.39, 0.29) is 0 Å². The number of ether oxygens (including phenoxy) is 1. The molecule has 13 heavy (non-hydrogen) atoms. The molecule has 0 aliphatic heterocycles. The quantitative estimate of drug-likeness (QED) is 0.727. The van der Waals surface area contributed by atoms with Crippen LogP contribution in [-0.4, -0.2) is 7.11 Å². The van der Waals surface area contributed by atoms with Gasteiger partial charge in [0.25, 0.3) is 0 Å². The zero-order valence-electron chi connectivity index (χ0n) is 7.60. The van der Waals surface area contributed by atoms with Crippen LogP contribution in [0.4, 0.5) is 0 Å². The molecule has 0 radical (unpaired) electrons. The van der Waals surface area contributed by atoms with Crippen LogP contribution < -0.4 is 4.74 Å². The van der Waals surface area contributed by atoms with Gasteiger partial charge in [-0.05, 0) is 18.6 Å². The summed E-state index contributed by atoms with van der Waals surface area (Å²) in [4.78, 5) is 0. The molecule has 1 rings (SSSR count). The Hall–Kier alpha value is -1.20. The highest BCUT2D eigenvalue weighted by Crippen LogP contribution is 2.30. The van der Waals surface area contributed by atoms with Crippen molar-refractivity contribution < 1.29 is 4.74 Å². The minimum Gasteiger partial charge on any atom is -0.495 e. The van der Waals surface area contributed by atoms with E-state index in [1.54, 1.807) is 13.2 Å². The standard InChI is InChI=1S/C10H10ClNO/c1-7-3-4-9(11)10(13-2)8(7)5-6-12/h3-4H,5H2,1-2H3. The third kappa shape index (κ3) is 1.93. The molecule has 3 heteroatoms. The molecule has 0 fully saturated rings. The molecule has 0 aromatic heterocycles. The fourth-order valence-electron chi connectivity index (χ4n) is 1.22. The Morgan fingerprint density at radius 1 is 1.54 bits per heavy atom. The number of halogens is 1. The lowest BCUT2D eigenvalue weighted by molar-refractivity contribution is 0.410. The first-order chi connectivity index (χ1) is 6.20. The summed E-state index contributed by atoms with van der Waals surface area (Å²) in [5.74, 6) is 0.614. The van der Waals surface area contributed by atoms with E-state index in [0.717, 1.165) is 11.1 Å². The van der Waals surface area contributed by atoms with E-state index in [2.05, 4.69) is 6.07 Å². The Labute approximate surface area is 82.7 Å². The molecule has 68 valence electrons.